The normalized spacial score (nSPS) is 27.0. The lowest BCUT2D eigenvalue weighted by atomic mass is 10.2. The first kappa shape index (κ1) is 10.7. The number of hydrogen-bond donors (Lipinski definition) is 3. The van der Waals surface area contributed by atoms with Crippen LogP contribution in [0.4, 0.5) is 0 Å². The van der Waals surface area contributed by atoms with E-state index in [1.54, 1.807) is 6.20 Å². The second-order valence-electron chi connectivity index (χ2n) is 3.87. The van der Waals surface area contributed by atoms with E-state index in [4.69, 9.17) is 5.73 Å². The van der Waals surface area contributed by atoms with E-state index in [1.165, 1.54) is 12.3 Å². The molecule has 84 valence electrons. The Bertz CT molecular complexity index is 413. The van der Waals surface area contributed by atoms with Crippen LogP contribution in [0.3, 0.4) is 0 Å². The molecule has 0 amide bonds. The maximum atomic E-state index is 11.8. The first-order chi connectivity index (χ1) is 7.09. The molecule has 5 nitrogen and oxygen atoms in total. The number of rotatable bonds is 3. The molecule has 1 fully saturated rings. The molecule has 0 aliphatic heterocycles. The number of aromatic amines is 1. The topological polar surface area (TPSA) is 88.0 Å². The fourth-order valence-electron chi connectivity index (χ4n) is 1.88. The van der Waals surface area contributed by atoms with Crippen LogP contribution < -0.4 is 10.5 Å². The first-order valence-electron chi connectivity index (χ1n) is 5.00. The molecule has 1 aromatic heterocycles. The summed E-state index contributed by atoms with van der Waals surface area (Å²) >= 11 is 0. The fourth-order valence-corrected chi connectivity index (χ4v) is 3.18. The molecule has 1 saturated carbocycles. The molecule has 2 rings (SSSR count). The van der Waals surface area contributed by atoms with Gasteiger partial charge in [0.25, 0.3) is 0 Å². The van der Waals surface area contributed by atoms with Gasteiger partial charge < -0.3 is 10.7 Å². The molecule has 1 aliphatic carbocycles. The third kappa shape index (κ3) is 2.22. The van der Waals surface area contributed by atoms with Gasteiger partial charge in [0, 0.05) is 24.5 Å². The summed E-state index contributed by atoms with van der Waals surface area (Å²) in [5, 5.41) is 0. The maximum absolute atomic E-state index is 11.8. The molecule has 0 radical (unpaired) electrons. The molecule has 1 aliphatic rings. The van der Waals surface area contributed by atoms with Gasteiger partial charge in [0.05, 0.1) is 4.90 Å². The minimum absolute atomic E-state index is 0.0567. The van der Waals surface area contributed by atoms with Crippen LogP contribution >= 0.6 is 0 Å². The molecule has 0 aromatic carbocycles. The van der Waals surface area contributed by atoms with Crippen molar-refractivity contribution < 1.29 is 8.42 Å². The van der Waals surface area contributed by atoms with E-state index < -0.39 is 10.0 Å². The summed E-state index contributed by atoms with van der Waals surface area (Å²) in [5.74, 6) is 0. The van der Waals surface area contributed by atoms with E-state index >= 15 is 0 Å². The SMILES string of the molecule is NC1CCCC1NS(=O)(=O)c1cc[nH]c1. The van der Waals surface area contributed by atoms with E-state index in [0.717, 1.165) is 19.3 Å². The summed E-state index contributed by atoms with van der Waals surface area (Å²) in [6.45, 7) is 0. The van der Waals surface area contributed by atoms with Crippen molar-refractivity contribution in [2.75, 3.05) is 0 Å². The lowest BCUT2D eigenvalue weighted by Crippen LogP contribution is -2.43. The number of sulfonamides is 1. The number of hydrogen-bond acceptors (Lipinski definition) is 3. The molecule has 0 bridgehead atoms. The lowest BCUT2D eigenvalue weighted by Gasteiger charge is -2.16. The summed E-state index contributed by atoms with van der Waals surface area (Å²) in [6, 6.07) is 1.35. The zero-order chi connectivity index (χ0) is 10.9. The minimum atomic E-state index is -3.39. The second-order valence-corrected chi connectivity index (χ2v) is 5.58. The van der Waals surface area contributed by atoms with Crippen LogP contribution in [0.2, 0.25) is 0 Å². The Morgan fingerprint density at radius 3 is 2.80 bits per heavy atom. The average molecular weight is 229 g/mol. The van der Waals surface area contributed by atoms with E-state index in [0.29, 0.717) is 0 Å². The molecule has 6 heteroatoms. The fraction of sp³-hybridized carbons (Fsp3) is 0.556. The van der Waals surface area contributed by atoms with Crippen LogP contribution in [-0.4, -0.2) is 25.5 Å². The Kier molecular flexibility index (Phi) is 2.81. The van der Waals surface area contributed by atoms with Crippen molar-refractivity contribution in [2.24, 2.45) is 5.73 Å². The number of nitrogens with one attached hydrogen (secondary N) is 2. The van der Waals surface area contributed by atoms with Gasteiger partial charge in [-0.05, 0) is 18.9 Å². The van der Waals surface area contributed by atoms with Gasteiger partial charge in [-0.3, -0.25) is 0 Å². The van der Waals surface area contributed by atoms with Gasteiger partial charge >= 0.3 is 0 Å². The van der Waals surface area contributed by atoms with Crippen molar-refractivity contribution in [1.82, 2.24) is 9.71 Å². The minimum Gasteiger partial charge on any atom is -0.366 e. The average Bonchev–Trinajstić information content (AvgIpc) is 2.77. The van der Waals surface area contributed by atoms with E-state index in [1.807, 2.05) is 0 Å². The predicted octanol–water partition coefficient (Wildman–Crippen LogP) is 0.173. The molecule has 15 heavy (non-hydrogen) atoms. The van der Waals surface area contributed by atoms with Crippen LogP contribution in [0, 0.1) is 0 Å². The Labute approximate surface area is 89.1 Å². The van der Waals surface area contributed by atoms with Gasteiger partial charge in [0.2, 0.25) is 10.0 Å². The van der Waals surface area contributed by atoms with Crippen LogP contribution in [-0.2, 0) is 10.0 Å². The van der Waals surface area contributed by atoms with Crippen LogP contribution in [0.5, 0.6) is 0 Å². The van der Waals surface area contributed by atoms with Gasteiger partial charge in [-0.15, -0.1) is 0 Å². The van der Waals surface area contributed by atoms with Gasteiger partial charge in [0.15, 0.2) is 0 Å². The van der Waals surface area contributed by atoms with Gasteiger partial charge in [0.1, 0.15) is 0 Å². The predicted molar refractivity (Wildman–Crippen MR) is 56.7 cm³/mol. The number of nitrogens with two attached hydrogens (primary N) is 1. The van der Waals surface area contributed by atoms with Crippen molar-refractivity contribution in [2.45, 2.75) is 36.2 Å². The Hall–Kier alpha value is -0.850. The van der Waals surface area contributed by atoms with E-state index in [-0.39, 0.29) is 17.0 Å². The highest BCUT2D eigenvalue weighted by Crippen LogP contribution is 2.19. The lowest BCUT2D eigenvalue weighted by molar-refractivity contribution is 0.522. The maximum Gasteiger partial charge on any atom is 0.242 e. The molecule has 2 atom stereocenters. The molecular formula is C9H15N3O2S. The molecule has 4 N–H and O–H groups in total. The second kappa shape index (κ2) is 3.96. The van der Waals surface area contributed by atoms with Crippen LogP contribution in [0.25, 0.3) is 0 Å². The summed E-state index contributed by atoms with van der Waals surface area (Å²) < 4.78 is 26.3. The van der Waals surface area contributed by atoms with Crippen LogP contribution in [0.1, 0.15) is 19.3 Å². The molecule has 0 spiro atoms. The van der Waals surface area contributed by atoms with Crippen molar-refractivity contribution in [3.05, 3.63) is 18.5 Å². The van der Waals surface area contributed by atoms with Crippen LogP contribution in [0.15, 0.2) is 23.4 Å². The van der Waals surface area contributed by atoms with E-state index in [2.05, 4.69) is 9.71 Å². The quantitative estimate of drug-likeness (QED) is 0.690. The Balaban J connectivity index is 2.11. The third-order valence-electron chi connectivity index (χ3n) is 2.76. The van der Waals surface area contributed by atoms with Gasteiger partial charge in [-0.1, -0.05) is 6.42 Å². The summed E-state index contributed by atoms with van der Waals surface area (Å²) in [5.41, 5.74) is 5.80. The molecule has 1 aromatic rings. The molecule has 2 unspecified atom stereocenters. The first-order valence-corrected chi connectivity index (χ1v) is 6.48. The van der Waals surface area contributed by atoms with Gasteiger partial charge in [-0.2, -0.15) is 0 Å². The third-order valence-corrected chi connectivity index (χ3v) is 4.24. The largest absolute Gasteiger partial charge is 0.366 e. The van der Waals surface area contributed by atoms with Gasteiger partial charge in [-0.25, -0.2) is 13.1 Å². The Morgan fingerprint density at radius 2 is 2.27 bits per heavy atom. The highest BCUT2D eigenvalue weighted by Gasteiger charge is 2.28. The zero-order valence-corrected chi connectivity index (χ0v) is 9.13. The smallest absolute Gasteiger partial charge is 0.242 e. The monoisotopic (exact) mass is 229 g/mol. The Morgan fingerprint density at radius 1 is 1.47 bits per heavy atom. The molecule has 0 saturated heterocycles. The van der Waals surface area contributed by atoms with Crippen molar-refractivity contribution in [1.29, 1.82) is 0 Å². The summed E-state index contributed by atoms with van der Waals surface area (Å²) in [6.07, 6.45) is 5.75. The highest BCUT2D eigenvalue weighted by atomic mass is 32.2. The van der Waals surface area contributed by atoms with E-state index in [9.17, 15) is 8.42 Å². The van der Waals surface area contributed by atoms with Crippen molar-refractivity contribution in [3.8, 4) is 0 Å². The molecular weight excluding hydrogens is 214 g/mol. The standard InChI is InChI=1S/C9H15N3O2S/c10-8-2-1-3-9(8)12-15(13,14)7-4-5-11-6-7/h4-6,8-9,11-12H,1-3,10H2. The van der Waals surface area contributed by atoms with Crippen molar-refractivity contribution >= 4 is 10.0 Å². The molecule has 1 heterocycles. The van der Waals surface area contributed by atoms with Crippen molar-refractivity contribution in [3.63, 3.8) is 0 Å². The number of H-pyrrole nitrogens is 1. The highest BCUT2D eigenvalue weighted by molar-refractivity contribution is 7.89. The summed E-state index contributed by atoms with van der Waals surface area (Å²) in [7, 11) is -3.39. The summed E-state index contributed by atoms with van der Waals surface area (Å²) in [4.78, 5) is 2.99. The zero-order valence-electron chi connectivity index (χ0n) is 8.31. The number of aromatic nitrogens is 1.